The largest absolute Gasteiger partial charge is 0.332 e. The van der Waals surface area contributed by atoms with Crippen molar-refractivity contribution in [3.05, 3.63) is 35.4 Å². The summed E-state index contributed by atoms with van der Waals surface area (Å²) in [5.74, 6) is -0.0887. The summed E-state index contributed by atoms with van der Waals surface area (Å²) < 4.78 is 0. The number of hydrogen-bond donors (Lipinski definition) is 0. The molecule has 21 heavy (non-hydrogen) atoms. The summed E-state index contributed by atoms with van der Waals surface area (Å²) in [5.41, 5.74) is 1.32. The SMILES string of the molecule is CCCN1CC(=O)N(Cc2ccccc2C#N)[C@@H](C)C1=O. The predicted molar refractivity (Wildman–Crippen MR) is 78.0 cm³/mol. The number of carbonyl (C=O) groups is 2. The third-order valence-corrected chi connectivity index (χ3v) is 3.76. The molecule has 0 bridgehead atoms. The first-order chi connectivity index (χ1) is 10.1. The summed E-state index contributed by atoms with van der Waals surface area (Å²) in [6.45, 7) is 4.77. The summed E-state index contributed by atoms with van der Waals surface area (Å²) in [4.78, 5) is 27.7. The van der Waals surface area contributed by atoms with Crippen LogP contribution in [0, 0.1) is 11.3 Å². The van der Waals surface area contributed by atoms with Crippen LogP contribution in [0.3, 0.4) is 0 Å². The zero-order chi connectivity index (χ0) is 15.4. The molecule has 1 saturated heterocycles. The molecule has 1 fully saturated rings. The minimum atomic E-state index is -0.482. The Morgan fingerprint density at radius 1 is 1.33 bits per heavy atom. The Hall–Kier alpha value is -2.35. The van der Waals surface area contributed by atoms with Gasteiger partial charge in [0, 0.05) is 13.1 Å². The van der Waals surface area contributed by atoms with E-state index >= 15 is 0 Å². The standard InChI is InChI=1S/C16H19N3O2/c1-3-8-18-11-15(20)19(12(2)16(18)21)10-14-7-5-4-6-13(14)9-17/h4-7,12H,3,8,10-11H2,1-2H3/t12-/m0/s1. The normalized spacial score (nSPS) is 18.8. The molecular weight excluding hydrogens is 266 g/mol. The number of amides is 2. The van der Waals surface area contributed by atoms with Gasteiger partial charge >= 0.3 is 0 Å². The van der Waals surface area contributed by atoms with Gasteiger partial charge in [-0.25, -0.2) is 0 Å². The monoisotopic (exact) mass is 285 g/mol. The molecule has 1 aromatic carbocycles. The molecule has 0 radical (unpaired) electrons. The molecule has 5 heteroatoms. The van der Waals surface area contributed by atoms with Gasteiger partial charge in [0.2, 0.25) is 11.8 Å². The number of piperazine rings is 1. The number of nitrogens with zero attached hydrogens (tertiary/aromatic N) is 3. The van der Waals surface area contributed by atoms with E-state index in [2.05, 4.69) is 6.07 Å². The van der Waals surface area contributed by atoms with Gasteiger partial charge in [0.05, 0.1) is 18.2 Å². The highest BCUT2D eigenvalue weighted by atomic mass is 16.2. The highest BCUT2D eigenvalue weighted by Gasteiger charge is 2.36. The van der Waals surface area contributed by atoms with E-state index in [9.17, 15) is 9.59 Å². The van der Waals surface area contributed by atoms with E-state index in [-0.39, 0.29) is 18.4 Å². The lowest BCUT2D eigenvalue weighted by atomic mass is 10.1. The number of carbonyl (C=O) groups excluding carboxylic acids is 2. The van der Waals surface area contributed by atoms with Crippen LogP contribution in [-0.2, 0) is 16.1 Å². The average molecular weight is 285 g/mol. The van der Waals surface area contributed by atoms with Crippen LogP contribution in [0.15, 0.2) is 24.3 Å². The van der Waals surface area contributed by atoms with Crippen LogP contribution in [0.5, 0.6) is 0 Å². The van der Waals surface area contributed by atoms with Crippen LogP contribution >= 0.6 is 0 Å². The van der Waals surface area contributed by atoms with E-state index in [1.807, 2.05) is 19.1 Å². The van der Waals surface area contributed by atoms with Crippen molar-refractivity contribution >= 4 is 11.8 Å². The molecule has 2 amide bonds. The molecule has 0 spiro atoms. The van der Waals surface area contributed by atoms with Gasteiger partial charge in [-0.05, 0) is 25.0 Å². The van der Waals surface area contributed by atoms with Crippen molar-refractivity contribution in [2.24, 2.45) is 0 Å². The van der Waals surface area contributed by atoms with Crippen molar-refractivity contribution in [1.82, 2.24) is 9.80 Å². The van der Waals surface area contributed by atoms with Gasteiger partial charge in [0.15, 0.2) is 0 Å². The highest BCUT2D eigenvalue weighted by Crippen LogP contribution is 2.18. The van der Waals surface area contributed by atoms with Crippen molar-refractivity contribution in [1.29, 1.82) is 5.26 Å². The maximum absolute atomic E-state index is 12.3. The van der Waals surface area contributed by atoms with E-state index in [1.54, 1.807) is 28.9 Å². The molecule has 2 rings (SSSR count). The number of nitriles is 1. The first kappa shape index (κ1) is 15.0. The minimum absolute atomic E-state index is 0.0223. The molecule has 1 aliphatic rings. The lowest BCUT2D eigenvalue weighted by Gasteiger charge is -2.38. The smallest absolute Gasteiger partial charge is 0.245 e. The van der Waals surface area contributed by atoms with Crippen LogP contribution in [0.25, 0.3) is 0 Å². The van der Waals surface area contributed by atoms with E-state index in [0.29, 0.717) is 18.7 Å². The van der Waals surface area contributed by atoms with Crippen molar-refractivity contribution in [3.8, 4) is 6.07 Å². The molecule has 1 heterocycles. The van der Waals surface area contributed by atoms with Gasteiger partial charge in [-0.2, -0.15) is 5.26 Å². The molecule has 0 aromatic heterocycles. The molecule has 0 aliphatic carbocycles. The summed E-state index contributed by atoms with van der Waals surface area (Å²) in [5, 5.41) is 9.12. The van der Waals surface area contributed by atoms with Gasteiger partial charge in [-0.3, -0.25) is 9.59 Å². The Kier molecular flexibility index (Phi) is 4.59. The highest BCUT2D eigenvalue weighted by molar-refractivity contribution is 5.94. The Morgan fingerprint density at radius 3 is 2.71 bits per heavy atom. The van der Waals surface area contributed by atoms with Gasteiger partial charge < -0.3 is 9.80 Å². The van der Waals surface area contributed by atoms with Gasteiger partial charge in [-0.15, -0.1) is 0 Å². The lowest BCUT2D eigenvalue weighted by Crippen LogP contribution is -2.58. The van der Waals surface area contributed by atoms with Gasteiger partial charge in [0.1, 0.15) is 6.04 Å². The molecule has 1 atom stereocenters. The Balaban J connectivity index is 2.19. The minimum Gasteiger partial charge on any atom is -0.332 e. The van der Waals surface area contributed by atoms with Gasteiger partial charge in [0.25, 0.3) is 0 Å². The Labute approximate surface area is 124 Å². The van der Waals surface area contributed by atoms with Crippen LogP contribution in [0.2, 0.25) is 0 Å². The van der Waals surface area contributed by atoms with Crippen molar-refractivity contribution < 1.29 is 9.59 Å². The third-order valence-electron chi connectivity index (χ3n) is 3.76. The quantitative estimate of drug-likeness (QED) is 0.842. The Morgan fingerprint density at radius 2 is 2.05 bits per heavy atom. The zero-order valence-electron chi connectivity index (χ0n) is 12.4. The maximum Gasteiger partial charge on any atom is 0.245 e. The topological polar surface area (TPSA) is 64.4 Å². The molecule has 0 saturated carbocycles. The van der Waals surface area contributed by atoms with E-state index < -0.39 is 6.04 Å². The summed E-state index contributed by atoms with van der Waals surface area (Å²) >= 11 is 0. The van der Waals surface area contributed by atoms with Crippen LogP contribution in [0.4, 0.5) is 0 Å². The van der Waals surface area contributed by atoms with Crippen molar-refractivity contribution in [3.63, 3.8) is 0 Å². The lowest BCUT2D eigenvalue weighted by molar-refractivity contribution is -0.155. The fourth-order valence-electron chi connectivity index (χ4n) is 2.58. The summed E-state index contributed by atoms with van der Waals surface area (Å²) in [7, 11) is 0. The van der Waals surface area contributed by atoms with Crippen LogP contribution in [0.1, 0.15) is 31.4 Å². The van der Waals surface area contributed by atoms with Crippen LogP contribution in [-0.4, -0.2) is 40.7 Å². The summed E-state index contributed by atoms with van der Waals surface area (Å²) in [6.07, 6.45) is 0.836. The van der Waals surface area contributed by atoms with Crippen molar-refractivity contribution in [2.75, 3.05) is 13.1 Å². The number of hydrogen-bond acceptors (Lipinski definition) is 3. The molecule has 1 aliphatic heterocycles. The molecule has 0 unspecified atom stereocenters. The molecule has 0 N–H and O–H groups in total. The predicted octanol–water partition coefficient (Wildman–Crippen LogP) is 1.53. The second-order valence-electron chi connectivity index (χ2n) is 5.23. The zero-order valence-corrected chi connectivity index (χ0v) is 12.4. The number of rotatable bonds is 4. The molecule has 110 valence electrons. The average Bonchev–Trinajstić information content (AvgIpc) is 2.49. The molecular formula is C16H19N3O2. The van der Waals surface area contributed by atoms with E-state index in [0.717, 1.165) is 12.0 Å². The van der Waals surface area contributed by atoms with Gasteiger partial charge in [-0.1, -0.05) is 25.1 Å². The Bertz CT molecular complexity index is 591. The number of benzene rings is 1. The summed E-state index contributed by atoms with van der Waals surface area (Å²) in [6, 6.07) is 8.81. The van der Waals surface area contributed by atoms with E-state index in [1.165, 1.54) is 0 Å². The fourth-order valence-corrected chi connectivity index (χ4v) is 2.58. The third kappa shape index (κ3) is 3.05. The van der Waals surface area contributed by atoms with E-state index in [4.69, 9.17) is 5.26 Å². The van der Waals surface area contributed by atoms with Crippen molar-refractivity contribution in [2.45, 2.75) is 32.9 Å². The second-order valence-corrected chi connectivity index (χ2v) is 5.23. The first-order valence-corrected chi connectivity index (χ1v) is 7.14. The second kappa shape index (κ2) is 6.40. The molecule has 5 nitrogen and oxygen atoms in total. The maximum atomic E-state index is 12.3. The fraction of sp³-hybridized carbons (Fsp3) is 0.438. The van der Waals surface area contributed by atoms with Crippen LogP contribution < -0.4 is 0 Å². The molecule has 1 aromatic rings. The first-order valence-electron chi connectivity index (χ1n) is 7.14.